The van der Waals surface area contributed by atoms with E-state index >= 15 is 0 Å². The van der Waals surface area contributed by atoms with Gasteiger partial charge < -0.3 is 4.57 Å². The first kappa shape index (κ1) is 7.86. The Balaban J connectivity index is 2.25. The molecule has 0 N–H and O–H groups in total. The summed E-state index contributed by atoms with van der Waals surface area (Å²) in [5.41, 5.74) is 0.697. The molecule has 3 nitrogen and oxygen atoms in total. The zero-order valence-corrected chi connectivity index (χ0v) is 7.46. The quantitative estimate of drug-likeness (QED) is 0.648. The molecule has 1 saturated heterocycles. The van der Waals surface area contributed by atoms with E-state index in [2.05, 4.69) is 4.98 Å². The van der Waals surface area contributed by atoms with Gasteiger partial charge in [0.25, 0.3) is 0 Å². The van der Waals surface area contributed by atoms with Gasteiger partial charge in [-0.15, -0.1) is 0 Å². The minimum Gasteiger partial charge on any atom is -0.324 e. The van der Waals surface area contributed by atoms with Crippen LogP contribution in [0, 0.1) is 0 Å². The topological polar surface area (TPSA) is 34.9 Å². The number of aldehydes is 1. The first-order chi connectivity index (χ1) is 5.92. The summed E-state index contributed by atoms with van der Waals surface area (Å²) in [6, 6.07) is 0.484. The van der Waals surface area contributed by atoms with Gasteiger partial charge in [-0.3, -0.25) is 4.79 Å². The van der Waals surface area contributed by atoms with Crippen molar-refractivity contribution in [1.29, 1.82) is 0 Å². The van der Waals surface area contributed by atoms with E-state index in [0.29, 0.717) is 11.7 Å². The standard InChI is InChI=1S/C8H10N2OS/c11-4-8-3-9-6-10(8)7-1-2-12-5-7/h3-4,6-7H,1-2,5H2. The largest absolute Gasteiger partial charge is 0.324 e. The molecule has 1 atom stereocenters. The number of hydrogen-bond acceptors (Lipinski definition) is 3. The van der Waals surface area contributed by atoms with Gasteiger partial charge in [0.2, 0.25) is 0 Å². The molecule has 0 aliphatic carbocycles. The second-order valence-electron chi connectivity index (χ2n) is 2.86. The molecule has 0 saturated carbocycles. The number of rotatable bonds is 2. The van der Waals surface area contributed by atoms with Crippen LogP contribution >= 0.6 is 11.8 Å². The lowest BCUT2D eigenvalue weighted by Crippen LogP contribution is -2.09. The molecule has 64 valence electrons. The summed E-state index contributed by atoms with van der Waals surface area (Å²) >= 11 is 1.94. The summed E-state index contributed by atoms with van der Waals surface area (Å²) in [5, 5.41) is 0. The molecule has 1 aliphatic rings. The van der Waals surface area contributed by atoms with Crippen LogP contribution in [0.2, 0.25) is 0 Å². The van der Waals surface area contributed by atoms with Gasteiger partial charge in [-0.1, -0.05) is 0 Å². The minimum absolute atomic E-state index is 0.484. The molecule has 1 fully saturated rings. The van der Waals surface area contributed by atoms with E-state index in [1.807, 2.05) is 16.3 Å². The fourth-order valence-corrected chi connectivity index (χ4v) is 2.66. The van der Waals surface area contributed by atoms with Crippen molar-refractivity contribution in [3.8, 4) is 0 Å². The smallest absolute Gasteiger partial charge is 0.168 e. The van der Waals surface area contributed by atoms with E-state index in [-0.39, 0.29) is 0 Å². The van der Waals surface area contributed by atoms with Crippen molar-refractivity contribution in [2.24, 2.45) is 0 Å². The molecule has 0 aromatic carbocycles. The van der Waals surface area contributed by atoms with Crippen molar-refractivity contribution < 1.29 is 4.79 Å². The van der Waals surface area contributed by atoms with Crippen molar-refractivity contribution in [1.82, 2.24) is 9.55 Å². The fourth-order valence-electron chi connectivity index (χ4n) is 1.45. The van der Waals surface area contributed by atoms with Gasteiger partial charge in [-0.05, 0) is 12.2 Å². The highest BCUT2D eigenvalue weighted by molar-refractivity contribution is 7.99. The van der Waals surface area contributed by atoms with Gasteiger partial charge in [0, 0.05) is 11.8 Å². The number of carbonyl (C=O) groups excluding carboxylic acids is 1. The average Bonchev–Trinajstić information content (AvgIpc) is 2.74. The highest BCUT2D eigenvalue weighted by Crippen LogP contribution is 2.28. The SMILES string of the molecule is O=Cc1cncn1C1CCSC1. The van der Waals surface area contributed by atoms with Crippen LogP contribution in [0.25, 0.3) is 0 Å². The number of carbonyl (C=O) groups is 1. The summed E-state index contributed by atoms with van der Waals surface area (Å²) in [4.78, 5) is 14.5. The highest BCUT2D eigenvalue weighted by Gasteiger charge is 2.18. The van der Waals surface area contributed by atoms with E-state index in [0.717, 1.165) is 18.5 Å². The Hall–Kier alpha value is -0.770. The summed E-state index contributed by atoms with van der Waals surface area (Å²) < 4.78 is 1.98. The number of nitrogens with zero attached hydrogens (tertiary/aromatic N) is 2. The van der Waals surface area contributed by atoms with Gasteiger partial charge >= 0.3 is 0 Å². The van der Waals surface area contributed by atoms with Crippen molar-refractivity contribution in [2.75, 3.05) is 11.5 Å². The van der Waals surface area contributed by atoms with Crippen LogP contribution < -0.4 is 0 Å². The Kier molecular flexibility index (Phi) is 2.17. The Morgan fingerprint density at radius 2 is 2.67 bits per heavy atom. The maximum absolute atomic E-state index is 10.6. The molecule has 12 heavy (non-hydrogen) atoms. The van der Waals surface area contributed by atoms with E-state index < -0.39 is 0 Å². The monoisotopic (exact) mass is 182 g/mol. The fraction of sp³-hybridized carbons (Fsp3) is 0.500. The molecule has 1 aromatic rings. The van der Waals surface area contributed by atoms with Gasteiger partial charge in [-0.2, -0.15) is 11.8 Å². The van der Waals surface area contributed by atoms with E-state index in [9.17, 15) is 4.79 Å². The van der Waals surface area contributed by atoms with Crippen LogP contribution in [-0.2, 0) is 0 Å². The Morgan fingerprint density at radius 3 is 3.33 bits per heavy atom. The normalized spacial score (nSPS) is 22.8. The molecule has 2 heterocycles. The predicted molar refractivity (Wildman–Crippen MR) is 48.6 cm³/mol. The molecule has 0 bridgehead atoms. The molecule has 0 amide bonds. The first-order valence-corrected chi connectivity index (χ1v) is 5.12. The number of imidazole rings is 1. The summed E-state index contributed by atoms with van der Waals surface area (Å²) in [6.45, 7) is 0. The molecular weight excluding hydrogens is 172 g/mol. The predicted octanol–water partition coefficient (Wildman–Crippen LogP) is 1.37. The minimum atomic E-state index is 0.484. The van der Waals surface area contributed by atoms with Gasteiger partial charge in [0.15, 0.2) is 6.29 Å². The van der Waals surface area contributed by atoms with E-state index in [1.54, 1.807) is 12.5 Å². The number of hydrogen-bond donors (Lipinski definition) is 0. The number of thioether (sulfide) groups is 1. The second kappa shape index (κ2) is 3.31. The molecule has 1 aliphatic heterocycles. The zero-order valence-electron chi connectivity index (χ0n) is 6.64. The van der Waals surface area contributed by atoms with Crippen LogP contribution in [-0.4, -0.2) is 27.3 Å². The second-order valence-corrected chi connectivity index (χ2v) is 4.01. The third kappa shape index (κ3) is 1.27. The Labute approximate surface area is 75.2 Å². The summed E-state index contributed by atoms with van der Waals surface area (Å²) in [7, 11) is 0. The highest BCUT2D eigenvalue weighted by atomic mass is 32.2. The zero-order chi connectivity index (χ0) is 8.39. The van der Waals surface area contributed by atoms with Crippen LogP contribution in [0.5, 0.6) is 0 Å². The third-order valence-electron chi connectivity index (χ3n) is 2.12. The van der Waals surface area contributed by atoms with E-state index in [1.165, 1.54) is 5.75 Å². The van der Waals surface area contributed by atoms with Gasteiger partial charge in [0.1, 0.15) is 5.69 Å². The van der Waals surface area contributed by atoms with Crippen molar-refractivity contribution in [3.63, 3.8) is 0 Å². The van der Waals surface area contributed by atoms with Gasteiger partial charge in [0.05, 0.1) is 12.5 Å². The Bertz CT molecular complexity index is 278. The first-order valence-electron chi connectivity index (χ1n) is 3.96. The molecular formula is C8H10N2OS. The molecule has 0 spiro atoms. The third-order valence-corrected chi connectivity index (χ3v) is 3.26. The maximum Gasteiger partial charge on any atom is 0.168 e. The summed E-state index contributed by atoms with van der Waals surface area (Å²) in [5.74, 6) is 2.30. The lowest BCUT2D eigenvalue weighted by atomic mass is 10.2. The van der Waals surface area contributed by atoms with E-state index in [4.69, 9.17) is 0 Å². The van der Waals surface area contributed by atoms with Gasteiger partial charge in [-0.25, -0.2) is 4.98 Å². The average molecular weight is 182 g/mol. The van der Waals surface area contributed by atoms with Crippen molar-refractivity contribution >= 4 is 18.0 Å². The molecule has 1 aromatic heterocycles. The lowest BCUT2D eigenvalue weighted by Gasteiger charge is -2.10. The molecule has 4 heteroatoms. The summed E-state index contributed by atoms with van der Waals surface area (Å²) in [6.07, 6.45) is 5.40. The molecule has 1 unspecified atom stereocenters. The van der Waals surface area contributed by atoms with Crippen LogP contribution in [0.15, 0.2) is 12.5 Å². The molecule has 0 radical (unpaired) electrons. The lowest BCUT2D eigenvalue weighted by molar-refractivity contribution is 0.111. The van der Waals surface area contributed by atoms with Crippen LogP contribution in [0.4, 0.5) is 0 Å². The van der Waals surface area contributed by atoms with Crippen molar-refractivity contribution in [2.45, 2.75) is 12.5 Å². The van der Waals surface area contributed by atoms with Crippen LogP contribution in [0.1, 0.15) is 23.0 Å². The maximum atomic E-state index is 10.6. The Morgan fingerprint density at radius 1 is 1.75 bits per heavy atom. The molecule has 2 rings (SSSR count). The van der Waals surface area contributed by atoms with Crippen LogP contribution in [0.3, 0.4) is 0 Å². The number of aromatic nitrogens is 2. The van der Waals surface area contributed by atoms with Crippen molar-refractivity contribution in [3.05, 3.63) is 18.2 Å².